The van der Waals surface area contributed by atoms with Crippen LogP contribution >= 0.6 is 0 Å². The maximum absolute atomic E-state index is 12.8. The summed E-state index contributed by atoms with van der Waals surface area (Å²) in [5.41, 5.74) is 5.75. The van der Waals surface area contributed by atoms with Gasteiger partial charge in [-0.3, -0.25) is 19.4 Å². The summed E-state index contributed by atoms with van der Waals surface area (Å²) in [5, 5.41) is 9.48. The number of likely N-dealkylation sites (N-methyl/N-ethyl adjacent to an activating group) is 1. The molecule has 3 atom stereocenters. The van der Waals surface area contributed by atoms with Gasteiger partial charge in [0, 0.05) is 25.1 Å². The fourth-order valence-electron chi connectivity index (χ4n) is 5.69. The molecule has 2 aliphatic heterocycles. The second kappa shape index (κ2) is 12.4. The van der Waals surface area contributed by atoms with E-state index in [1.165, 1.54) is 10.5 Å². The molecule has 42 heavy (non-hydrogen) atoms. The van der Waals surface area contributed by atoms with E-state index in [1.807, 2.05) is 66.7 Å². The average molecular weight is 563 g/mol. The second-order valence-corrected chi connectivity index (χ2v) is 11.0. The van der Waals surface area contributed by atoms with Crippen molar-refractivity contribution in [2.75, 3.05) is 13.6 Å². The van der Waals surface area contributed by atoms with Crippen molar-refractivity contribution >= 4 is 11.8 Å². The highest BCUT2D eigenvalue weighted by Gasteiger charge is 2.35. The van der Waals surface area contributed by atoms with Gasteiger partial charge < -0.3 is 14.6 Å². The van der Waals surface area contributed by atoms with E-state index >= 15 is 0 Å². The van der Waals surface area contributed by atoms with Gasteiger partial charge in [-0.05, 0) is 41.4 Å². The third-order valence-electron chi connectivity index (χ3n) is 7.90. The summed E-state index contributed by atoms with van der Waals surface area (Å²) in [6.07, 6.45) is -0.126. The van der Waals surface area contributed by atoms with Crippen LogP contribution in [0.3, 0.4) is 0 Å². The summed E-state index contributed by atoms with van der Waals surface area (Å²) in [7, 11) is 2.10. The Labute approximate surface area is 245 Å². The fraction of sp³-hybridized carbons (Fsp3) is 0.257. The number of hydrogen-bond donors (Lipinski definition) is 1. The SMILES string of the molecule is CN(Cc1ccccc1)C[C@@H]1C[C@H](c2ccc(CO)cc2)O[C@H](c2ccc(CN3C(=O)c4ccccc4C3=O)cc2)O1. The van der Waals surface area contributed by atoms with Crippen LogP contribution in [0.1, 0.15) is 67.3 Å². The lowest BCUT2D eigenvalue weighted by atomic mass is 9.99. The van der Waals surface area contributed by atoms with Gasteiger partial charge in [0.05, 0.1) is 36.5 Å². The zero-order valence-electron chi connectivity index (χ0n) is 23.6. The Balaban J connectivity index is 1.18. The number of fused-ring (bicyclic) bond motifs is 1. The molecule has 1 N–H and O–H groups in total. The topological polar surface area (TPSA) is 79.3 Å². The number of carbonyl (C=O) groups is 2. The minimum Gasteiger partial charge on any atom is -0.392 e. The Hall–Kier alpha value is -4.14. The first-order valence-electron chi connectivity index (χ1n) is 14.3. The molecule has 0 aromatic heterocycles. The monoisotopic (exact) mass is 562 g/mol. The summed E-state index contributed by atoms with van der Waals surface area (Å²) in [6.45, 7) is 1.75. The molecule has 2 amide bonds. The minimum absolute atomic E-state index is 0.00247. The van der Waals surface area contributed by atoms with Crippen LogP contribution in [-0.2, 0) is 29.2 Å². The van der Waals surface area contributed by atoms with Gasteiger partial charge in [-0.2, -0.15) is 0 Å². The zero-order chi connectivity index (χ0) is 29.1. The molecule has 1 fully saturated rings. The van der Waals surface area contributed by atoms with E-state index in [2.05, 4.69) is 24.1 Å². The quantitative estimate of drug-likeness (QED) is 0.266. The lowest BCUT2D eigenvalue weighted by Gasteiger charge is -2.38. The zero-order valence-corrected chi connectivity index (χ0v) is 23.6. The Morgan fingerprint density at radius 3 is 1.98 bits per heavy atom. The number of nitrogens with zero attached hydrogens (tertiary/aromatic N) is 2. The lowest BCUT2D eigenvalue weighted by Crippen LogP contribution is -2.37. The van der Waals surface area contributed by atoms with Crippen LogP contribution in [0.25, 0.3) is 0 Å². The maximum Gasteiger partial charge on any atom is 0.261 e. The first-order valence-corrected chi connectivity index (χ1v) is 14.3. The molecule has 2 heterocycles. The number of hydrogen-bond acceptors (Lipinski definition) is 6. The summed E-state index contributed by atoms with van der Waals surface area (Å²) in [4.78, 5) is 29.2. The molecule has 0 bridgehead atoms. The predicted molar refractivity (Wildman–Crippen MR) is 158 cm³/mol. The second-order valence-electron chi connectivity index (χ2n) is 11.0. The van der Waals surface area contributed by atoms with Crippen molar-refractivity contribution in [1.82, 2.24) is 9.80 Å². The molecule has 6 rings (SSSR count). The number of imide groups is 1. The smallest absolute Gasteiger partial charge is 0.261 e. The first-order chi connectivity index (χ1) is 20.5. The van der Waals surface area contributed by atoms with Crippen molar-refractivity contribution in [3.63, 3.8) is 0 Å². The van der Waals surface area contributed by atoms with Gasteiger partial charge in [0.25, 0.3) is 11.8 Å². The molecule has 4 aromatic rings. The number of aliphatic hydroxyl groups excluding tert-OH is 1. The van der Waals surface area contributed by atoms with Crippen LogP contribution in [-0.4, -0.2) is 46.4 Å². The highest BCUT2D eigenvalue weighted by molar-refractivity contribution is 6.21. The van der Waals surface area contributed by atoms with Crippen LogP contribution in [0.15, 0.2) is 103 Å². The molecular formula is C35H34N2O5. The maximum atomic E-state index is 12.8. The Morgan fingerprint density at radius 2 is 1.33 bits per heavy atom. The standard InChI is InChI=1S/C35H34N2O5/c1-36(20-24-7-3-2-4-8-24)22-29-19-32(27-15-13-26(23-38)14-16-27)42-35(41-29)28-17-11-25(12-18-28)21-37-33(39)30-9-5-6-10-31(30)34(37)40/h2-18,29,32,35,38H,19-23H2,1H3/t29-,32+,35+/m0/s1. The normalized spacial score (nSPS) is 20.3. The van der Waals surface area contributed by atoms with Gasteiger partial charge in [0.1, 0.15) is 0 Å². The van der Waals surface area contributed by atoms with Gasteiger partial charge in [-0.15, -0.1) is 0 Å². The van der Waals surface area contributed by atoms with Gasteiger partial charge in [0.15, 0.2) is 6.29 Å². The van der Waals surface area contributed by atoms with Crippen molar-refractivity contribution < 1.29 is 24.2 Å². The van der Waals surface area contributed by atoms with E-state index in [4.69, 9.17) is 9.47 Å². The van der Waals surface area contributed by atoms with Crippen molar-refractivity contribution in [3.8, 4) is 0 Å². The molecule has 0 unspecified atom stereocenters. The Kier molecular flexibility index (Phi) is 8.26. The van der Waals surface area contributed by atoms with E-state index in [0.717, 1.165) is 35.3 Å². The van der Waals surface area contributed by atoms with Crippen LogP contribution < -0.4 is 0 Å². The molecule has 1 saturated heterocycles. The van der Waals surface area contributed by atoms with Gasteiger partial charge in [-0.25, -0.2) is 0 Å². The molecule has 0 radical (unpaired) electrons. The van der Waals surface area contributed by atoms with E-state index in [1.54, 1.807) is 24.3 Å². The summed E-state index contributed by atoms with van der Waals surface area (Å²) in [6, 6.07) is 32.9. The van der Waals surface area contributed by atoms with Crippen LogP contribution in [0.5, 0.6) is 0 Å². The van der Waals surface area contributed by atoms with E-state index in [0.29, 0.717) is 17.5 Å². The van der Waals surface area contributed by atoms with Crippen LogP contribution in [0.4, 0.5) is 0 Å². The van der Waals surface area contributed by atoms with E-state index in [-0.39, 0.29) is 37.2 Å². The number of ether oxygens (including phenoxy) is 2. The van der Waals surface area contributed by atoms with E-state index in [9.17, 15) is 14.7 Å². The molecule has 0 aliphatic carbocycles. The molecular weight excluding hydrogens is 528 g/mol. The highest BCUT2D eigenvalue weighted by atomic mass is 16.7. The molecule has 4 aromatic carbocycles. The summed E-state index contributed by atoms with van der Waals surface area (Å²) < 4.78 is 13.0. The lowest BCUT2D eigenvalue weighted by molar-refractivity contribution is -0.252. The third-order valence-corrected chi connectivity index (χ3v) is 7.90. The van der Waals surface area contributed by atoms with Gasteiger partial charge in [-0.1, -0.05) is 91.0 Å². The van der Waals surface area contributed by atoms with E-state index < -0.39 is 6.29 Å². The Morgan fingerprint density at radius 1 is 0.738 bits per heavy atom. The molecule has 0 saturated carbocycles. The van der Waals surface area contributed by atoms with Gasteiger partial charge >= 0.3 is 0 Å². The Bertz CT molecular complexity index is 1500. The van der Waals surface area contributed by atoms with Crippen LogP contribution in [0.2, 0.25) is 0 Å². The number of carbonyl (C=O) groups excluding carboxylic acids is 2. The highest BCUT2D eigenvalue weighted by Crippen LogP contribution is 2.38. The molecule has 2 aliphatic rings. The van der Waals surface area contributed by atoms with Crippen molar-refractivity contribution in [2.45, 2.75) is 44.6 Å². The summed E-state index contributed by atoms with van der Waals surface area (Å²) >= 11 is 0. The van der Waals surface area contributed by atoms with Gasteiger partial charge in [0.2, 0.25) is 0 Å². The molecule has 0 spiro atoms. The largest absolute Gasteiger partial charge is 0.392 e. The minimum atomic E-state index is -0.579. The predicted octanol–water partition coefficient (Wildman–Crippen LogP) is 5.65. The fourth-order valence-corrected chi connectivity index (χ4v) is 5.69. The average Bonchev–Trinajstić information content (AvgIpc) is 3.26. The summed E-state index contributed by atoms with van der Waals surface area (Å²) in [5.74, 6) is -0.535. The van der Waals surface area contributed by atoms with Crippen LogP contribution in [0, 0.1) is 0 Å². The number of amides is 2. The number of benzene rings is 4. The van der Waals surface area contributed by atoms with Crippen molar-refractivity contribution in [3.05, 3.63) is 142 Å². The third kappa shape index (κ3) is 6.05. The first kappa shape index (κ1) is 28.0. The number of aliphatic hydroxyl groups is 1. The number of rotatable bonds is 9. The molecule has 7 heteroatoms. The molecule has 7 nitrogen and oxygen atoms in total. The van der Waals surface area contributed by atoms with Crippen molar-refractivity contribution in [1.29, 1.82) is 0 Å². The van der Waals surface area contributed by atoms with Crippen molar-refractivity contribution in [2.24, 2.45) is 0 Å². The molecule has 214 valence electrons.